The van der Waals surface area contributed by atoms with E-state index in [1.54, 1.807) is 6.07 Å². The van der Waals surface area contributed by atoms with Crippen LogP contribution in [0.3, 0.4) is 0 Å². The molecule has 0 heterocycles. The average Bonchev–Trinajstić information content (AvgIpc) is 2.32. The second-order valence-electron chi connectivity index (χ2n) is 5.40. The topological polar surface area (TPSA) is 0 Å². The van der Waals surface area contributed by atoms with E-state index in [1.165, 1.54) is 44.2 Å². The summed E-state index contributed by atoms with van der Waals surface area (Å²) in [5.74, 6) is 0.434. The Morgan fingerprint density at radius 1 is 0.947 bits per heavy atom. The minimum atomic E-state index is -4.25. The highest BCUT2D eigenvalue weighted by Gasteiger charge is 2.30. The van der Waals surface area contributed by atoms with E-state index in [0.717, 1.165) is 18.9 Å². The molecule has 1 aliphatic carbocycles. The first kappa shape index (κ1) is 14.5. The number of hydrogen-bond donors (Lipinski definition) is 0. The predicted octanol–water partition coefficient (Wildman–Crippen LogP) is 4.57. The van der Waals surface area contributed by atoms with E-state index in [4.69, 9.17) is 0 Å². The third-order valence-corrected chi connectivity index (χ3v) is 3.79. The summed E-state index contributed by atoms with van der Waals surface area (Å²) in [5.41, 5.74) is 0.160. The Morgan fingerprint density at radius 2 is 1.58 bits per heavy atom. The van der Waals surface area contributed by atoms with Gasteiger partial charge in [0.25, 0.3) is 0 Å². The van der Waals surface area contributed by atoms with Crippen molar-refractivity contribution in [1.29, 1.82) is 0 Å². The summed E-state index contributed by atoms with van der Waals surface area (Å²) >= 11 is 0. The van der Waals surface area contributed by atoms with Gasteiger partial charge in [0.05, 0.1) is 5.56 Å². The molecule has 0 bridgehead atoms. The van der Waals surface area contributed by atoms with Crippen molar-refractivity contribution in [2.75, 3.05) is 0 Å². The van der Waals surface area contributed by atoms with Crippen LogP contribution in [-0.2, 0) is 6.18 Å². The highest BCUT2D eigenvalue weighted by molar-refractivity contribution is 6.55. The van der Waals surface area contributed by atoms with Gasteiger partial charge in [-0.15, -0.1) is 0 Å². The molecule has 1 radical (unpaired) electrons. The molecule has 19 heavy (non-hydrogen) atoms. The van der Waals surface area contributed by atoms with Crippen LogP contribution in [-0.4, -0.2) is 7.28 Å². The third kappa shape index (κ3) is 4.59. The molecule has 103 valence electrons. The fourth-order valence-electron chi connectivity index (χ4n) is 2.75. The molecule has 0 nitrogen and oxygen atoms in total. The second kappa shape index (κ2) is 6.49. The Kier molecular flexibility index (Phi) is 4.95. The maximum atomic E-state index is 12.7. The molecule has 1 saturated carbocycles. The van der Waals surface area contributed by atoms with Crippen LogP contribution >= 0.6 is 0 Å². The van der Waals surface area contributed by atoms with Crippen molar-refractivity contribution in [2.45, 2.75) is 56.9 Å². The number of rotatable bonds is 2. The smallest absolute Gasteiger partial charge is 0.166 e. The van der Waals surface area contributed by atoms with E-state index >= 15 is 0 Å². The summed E-state index contributed by atoms with van der Waals surface area (Å²) in [4.78, 5) is 0. The van der Waals surface area contributed by atoms with E-state index in [0.29, 0.717) is 11.3 Å². The van der Waals surface area contributed by atoms with Gasteiger partial charge in [-0.05, 0) is 0 Å². The molecule has 0 amide bonds. The molecule has 0 unspecified atom stereocenters. The minimum absolute atomic E-state index is 0.434. The summed E-state index contributed by atoms with van der Waals surface area (Å²) in [6.07, 6.45) is 4.17. The van der Waals surface area contributed by atoms with E-state index in [-0.39, 0.29) is 0 Å². The monoisotopic (exact) mass is 267 g/mol. The molecule has 0 aliphatic heterocycles. The van der Waals surface area contributed by atoms with E-state index in [9.17, 15) is 13.2 Å². The van der Waals surface area contributed by atoms with Crippen LogP contribution in [0.1, 0.15) is 50.5 Å². The zero-order valence-corrected chi connectivity index (χ0v) is 11.0. The molecule has 1 fully saturated rings. The number of hydrogen-bond acceptors (Lipinski definition) is 0. The largest absolute Gasteiger partial charge is 0.416 e. The van der Waals surface area contributed by atoms with Crippen molar-refractivity contribution in [3.8, 4) is 0 Å². The summed E-state index contributed by atoms with van der Waals surface area (Å²) in [6.45, 7) is 0. The standard InChI is InChI=1S/C15H19BF3/c17-15(18,19)12-7-6-10-14(11-12)16-13-8-4-2-1-3-5-9-13/h6-7,10-11,13H,1-5,8-9H2. The van der Waals surface area contributed by atoms with Gasteiger partial charge in [-0.25, -0.2) is 0 Å². The highest BCUT2D eigenvalue weighted by atomic mass is 19.4. The van der Waals surface area contributed by atoms with E-state index in [1.807, 2.05) is 7.28 Å². The molecule has 0 saturated heterocycles. The van der Waals surface area contributed by atoms with E-state index < -0.39 is 11.7 Å². The summed E-state index contributed by atoms with van der Waals surface area (Å²) in [7, 11) is 2.03. The first-order chi connectivity index (χ1) is 9.05. The Balaban J connectivity index is 2.01. The van der Waals surface area contributed by atoms with Crippen molar-refractivity contribution in [2.24, 2.45) is 0 Å². The molecule has 1 aromatic rings. The fourth-order valence-corrected chi connectivity index (χ4v) is 2.75. The van der Waals surface area contributed by atoms with Gasteiger partial charge < -0.3 is 0 Å². The summed E-state index contributed by atoms with van der Waals surface area (Å²) < 4.78 is 38.0. The Morgan fingerprint density at radius 3 is 2.21 bits per heavy atom. The van der Waals surface area contributed by atoms with Gasteiger partial charge in [0.15, 0.2) is 7.28 Å². The molecular formula is C15H19BF3. The van der Waals surface area contributed by atoms with Crippen LogP contribution in [0.25, 0.3) is 0 Å². The van der Waals surface area contributed by atoms with Gasteiger partial charge in [0.1, 0.15) is 0 Å². The van der Waals surface area contributed by atoms with Crippen molar-refractivity contribution in [3.63, 3.8) is 0 Å². The first-order valence-electron chi connectivity index (χ1n) is 7.08. The zero-order chi connectivity index (χ0) is 13.7. The Hall–Kier alpha value is -0.925. The molecule has 2 rings (SSSR count). The van der Waals surface area contributed by atoms with Gasteiger partial charge in [-0.2, -0.15) is 13.2 Å². The lowest BCUT2D eigenvalue weighted by Gasteiger charge is -2.19. The van der Waals surface area contributed by atoms with E-state index in [2.05, 4.69) is 0 Å². The quantitative estimate of drug-likeness (QED) is 0.688. The molecule has 0 aromatic heterocycles. The molecule has 0 N–H and O–H groups in total. The van der Waals surface area contributed by atoms with Crippen molar-refractivity contribution < 1.29 is 13.2 Å². The molecule has 1 aliphatic rings. The van der Waals surface area contributed by atoms with Gasteiger partial charge in [0, 0.05) is 0 Å². The summed E-state index contributed by atoms with van der Waals surface area (Å²) in [6, 6.07) is 5.67. The Labute approximate surface area is 113 Å². The van der Waals surface area contributed by atoms with Crippen LogP contribution < -0.4 is 5.46 Å². The fraction of sp³-hybridized carbons (Fsp3) is 0.600. The molecule has 4 heteroatoms. The molecule has 0 atom stereocenters. The van der Waals surface area contributed by atoms with Gasteiger partial charge in [0.2, 0.25) is 0 Å². The maximum Gasteiger partial charge on any atom is 0.416 e. The molecule has 0 spiro atoms. The third-order valence-electron chi connectivity index (χ3n) is 3.79. The van der Waals surface area contributed by atoms with Gasteiger partial charge >= 0.3 is 6.18 Å². The molecule has 1 aromatic carbocycles. The average molecular weight is 267 g/mol. The SMILES string of the molecule is FC(F)(F)c1cccc([B]C2CCCCCCC2)c1. The lowest BCUT2D eigenvalue weighted by Crippen LogP contribution is -2.22. The second-order valence-corrected chi connectivity index (χ2v) is 5.40. The predicted molar refractivity (Wildman–Crippen MR) is 72.9 cm³/mol. The minimum Gasteiger partial charge on any atom is -0.166 e. The number of alkyl halides is 3. The maximum absolute atomic E-state index is 12.7. The van der Waals surface area contributed by atoms with Crippen LogP contribution in [0.2, 0.25) is 5.82 Å². The Bertz CT molecular complexity index is 393. The lowest BCUT2D eigenvalue weighted by atomic mass is 9.55. The van der Waals surface area contributed by atoms with Crippen LogP contribution in [0.5, 0.6) is 0 Å². The van der Waals surface area contributed by atoms with Gasteiger partial charge in [-0.3, -0.25) is 0 Å². The van der Waals surface area contributed by atoms with Crippen molar-refractivity contribution in [3.05, 3.63) is 29.8 Å². The van der Waals surface area contributed by atoms with Crippen LogP contribution in [0, 0.1) is 0 Å². The zero-order valence-electron chi connectivity index (χ0n) is 11.0. The first-order valence-corrected chi connectivity index (χ1v) is 7.08. The van der Waals surface area contributed by atoms with Crippen molar-refractivity contribution >= 4 is 12.7 Å². The lowest BCUT2D eigenvalue weighted by molar-refractivity contribution is -0.137. The number of halogens is 3. The van der Waals surface area contributed by atoms with Crippen molar-refractivity contribution in [1.82, 2.24) is 0 Å². The number of benzene rings is 1. The summed E-state index contributed by atoms with van der Waals surface area (Å²) in [5, 5.41) is 0. The van der Waals surface area contributed by atoms with Gasteiger partial charge in [-0.1, -0.05) is 80.5 Å². The van der Waals surface area contributed by atoms with Crippen LogP contribution in [0.4, 0.5) is 13.2 Å². The normalized spacial score (nSPS) is 18.7. The molecular weight excluding hydrogens is 248 g/mol. The van der Waals surface area contributed by atoms with Crippen LogP contribution in [0.15, 0.2) is 24.3 Å². The highest BCUT2D eigenvalue weighted by Crippen LogP contribution is 2.29.